The first kappa shape index (κ1) is 24.8. The molecule has 0 spiro atoms. The summed E-state index contributed by atoms with van der Waals surface area (Å²) < 4.78 is 20.2. The van der Waals surface area contributed by atoms with Crippen LogP contribution in [0.1, 0.15) is 53.0 Å². The van der Waals surface area contributed by atoms with Crippen LogP contribution in [-0.4, -0.2) is 49.7 Å². The quantitative estimate of drug-likeness (QED) is 0.228. The maximum atomic E-state index is 14.9. The Morgan fingerprint density at radius 2 is 1.95 bits per heavy atom. The number of hydrogen-bond acceptors (Lipinski definition) is 9. The number of nitrogens with one attached hydrogen (secondary N) is 3. The third kappa shape index (κ3) is 5.01. The number of aliphatic hydroxyl groups excluding tert-OH is 2. The third-order valence-corrected chi connectivity index (χ3v) is 6.43. The van der Waals surface area contributed by atoms with Crippen LogP contribution in [0, 0.1) is 5.82 Å². The molecule has 2 aromatic heterocycles. The predicted octanol–water partition coefficient (Wildman–Crippen LogP) is 2.61. The second kappa shape index (κ2) is 10.2. The van der Waals surface area contributed by atoms with Gasteiger partial charge < -0.3 is 25.4 Å². The summed E-state index contributed by atoms with van der Waals surface area (Å²) in [5.74, 6) is -1.18. The van der Waals surface area contributed by atoms with Gasteiger partial charge in [0.15, 0.2) is 11.8 Å². The number of amides is 1. The molecule has 0 fully saturated rings. The lowest BCUT2D eigenvalue weighted by Crippen LogP contribution is -2.57. The van der Waals surface area contributed by atoms with Crippen LogP contribution in [0.25, 0.3) is 11.0 Å². The summed E-state index contributed by atoms with van der Waals surface area (Å²) in [5, 5.41) is 35.1. The Hall–Kier alpha value is -3.93. The standard InChI is InChI=1S/C26H27FN6O4/c1-13(2)22-17-8-19(18(27)9-21(17)37-33-22)30-26(36)24(32-25(35)15-10-28-12-29-11-15)31-23-16-6-4-3-5-14(16)7-20(23)34/h3-6,8-13,20,23-24,26,30-31,34,36H,7H2,1-2H3,(H,32,35)/t20-,23+,24?,26?/m1/s1. The molecule has 2 heterocycles. The number of aliphatic hydroxyl groups is 2. The zero-order valence-corrected chi connectivity index (χ0v) is 20.2. The van der Waals surface area contributed by atoms with Gasteiger partial charge in [-0.05, 0) is 23.1 Å². The maximum absolute atomic E-state index is 14.9. The number of hydrogen-bond donors (Lipinski definition) is 5. The molecule has 2 unspecified atom stereocenters. The fourth-order valence-corrected chi connectivity index (χ4v) is 4.57. The lowest BCUT2D eigenvalue weighted by molar-refractivity contribution is 0.0719. The summed E-state index contributed by atoms with van der Waals surface area (Å²) in [6, 6.07) is 9.66. The highest BCUT2D eigenvalue weighted by Gasteiger charge is 2.35. The van der Waals surface area contributed by atoms with Gasteiger partial charge in [-0.3, -0.25) is 10.1 Å². The predicted molar refractivity (Wildman–Crippen MR) is 133 cm³/mol. The first-order valence-corrected chi connectivity index (χ1v) is 11.9. The van der Waals surface area contributed by atoms with Crippen LogP contribution < -0.4 is 16.0 Å². The van der Waals surface area contributed by atoms with E-state index in [0.29, 0.717) is 23.1 Å². The number of carbonyl (C=O) groups excluding carboxylic acids is 1. The molecule has 0 saturated heterocycles. The van der Waals surface area contributed by atoms with Gasteiger partial charge in [0.25, 0.3) is 5.91 Å². The highest BCUT2D eigenvalue weighted by molar-refractivity contribution is 5.93. The first-order valence-electron chi connectivity index (χ1n) is 11.9. The van der Waals surface area contributed by atoms with E-state index in [4.69, 9.17) is 4.52 Å². The number of nitrogens with zero attached hydrogens (tertiary/aromatic N) is 3. The first-order chi connectivity index (χ1) is 17.8. The molecule has 2 aromatic carbocycles. The highest BCUT2D eigenvalue weighted by atomic mass is 19.1. The summed E-state index contributed by atoms with van der Waals surface area (Å²) in [7, 11) is 0. The molecule has 0 saturated carbocycles. The third-order valence-electron chi connectivity index (χ3n) is 6.43. The van der Waals surface area contributed by atoms with Crippen LogP contribution >= 0.6 is 0 Å². The number of carbonyl (C=O) groups is 1. The summed E-state index contributed by atoms with van der Waals surface area (Å²) in [4.78, 5) is 20.6. The minimum atomic E-state index is -1.50. The number of anilines is 1. The Morgan fingerprint density at radius 3 is 2.70 bits per heavy atom. The monoisotopic (exact) mass is 506 g/mol. The van der Waals surface area contributed by atoms with Crippen molar-refractivity contribution in [2.45, 2.75) is 50.7 Å². The molecule has 4 aromatic rings. The number of aromatic nitrogens is 3. The second-order valence-electron chi connectivity index (χ2n) is 9.33. The van der Waals surface area contributed by atoms with Crippen molar-refractivity contribution >= 4 is 22.6 Å². The molecule has 1 aliphatic carbocycles. The van der Waals surface area contributed by atoms with E-state index in [-0.39, 0.29) is 17.2 Å². The molecule has 37 heavy (non-hydrogen) atoms. The Kier molecular flexibility index (Phi) is 6.83. The van der Waals surface area contributed by atoms with Crippen molar-refractivity contribution in [3.8, 4) is 0 Å². The van der Waals surface area contributed by atoms with Crippen molar-refractivity contribution in [2.24, 2.45) is 0 Å². The topological polar surface area (TPSA) is 145 Å². The van der Waals surface area contributed by atoms with E-state index in [1.54, 1.807) is 0 Å². The minimum Gasteiger partial charge on any atom is -0.391 e. The molecule has 192 valence electrons. The van der Waals surface area contributed by atoms with Crippen molar-refractivity contribution in [1.82, 2.24) is 25.8 Å². The Bertz CT molecular complexity index is 1410. The van der Waals surface area contributed by atoms with Gasteiger partial charge in [0.1, 0.15) is 18.3 Å². The van der Waals surface area contributed by atoms with Gasteiger partial charge in [-0.15, -0.1) is 0 Å². The van der Waals surface area contributed by atoms with E-state index in [1.807, 2.05) is 38.1 Å². The molecular weight excluding hydrogens is 479 g/mol. The summed E-state index contributed by atoms with van der Waals surface area (Å²) >= 11 is 0. The molecule has 10 nitrogen and oxygen atoms in total. The number of benzene rings is 2. The molecular formula is C26H27FN6O4. The number of rotatable bonds is 8. The number of halogens is 1. The molecule has 5 N–H and O–H groups in total. The van der Waals surface area contributed by atoms with Crippen LogP contribution in [0.4, 0.5) is 10.1 Å². The lowest BCUT2D eigenvalue weighted by Gasteiger charge is -2.31. The van der Waals surface area contributed by atoms with E-state index in [2.05, 4.69) is 31.1 Å². The zero-order valence-electron chi connectivity index (χ0n) is 20.2. The van der Waals surface area contributed by atoms with Gasteiger partial charge >= 0.3 is 0 Å². The van der Waals surface area contributed by atoms with Crippen molar-refractivity contribution in [3.63, 3.8) is 0 Å². The van der Waals surface area contributed by atoms with Crippen LogP contribution in [-0.2, 0) is 6.42 Å². The second-order valence-corrected chi connectivity index (χ2v) is 9.33. The van der Waals surface area contributed by atoms with E-state index in [1.165, 1.54) is 30.9 Å². The summed E-state index contributed by atoms with van der Waals surface area (Å²) in [5.41, 5.74) is 2.93. The van der Waals surface area contributed by atoms with Crippen LogP contribution in [0.2, 0.25) is 0 Å². The van der Waals surface area contributed by atoms with Gasteiger partial charge in [0, 0.05) is 30.3 Å². The van der Waals surface area contributed by atoms with Gasteiger partial charge in [0.2, 0.25) is 0 Å². The average Bonchev–Trinajstić information content (AvgIpc) is 3.44. The van der Waals surface area contributed by atoms with Gasteiger partial charge in [0.05, 0.1) is 29.1 Å². The fourth-order valence-electron chi connectivity index (χ4n) is 4.57. The van der Waals surface area contributed by atoms with Crippen LogP contribution in [0.5, 0.6) is 0 Å². The minimum absolute atomic E-state index is 0.00145. The molecule has 0 radical (unpaired) electrons. The SMILES string of the molecule is CC(C)c1noc2cc(F)c(NC(O)C(NC(=O)c3cncnc3)N[C@H]3c4ccccc4C[C@H]3O)cc12. The summed E-state index contributed by atoms with van der Waals surface area (Å²) in [6.45, 7) is 3.88. The molecule has 0 bridgehead atoms. The molecule has 0 aliphatic heterocycles. The normalized spacial score (nSPS) is 18.5. The van der Waals surface area contributed by atoms with Gasteiger partial charge in [-0.1, -0.05) is 43.3 Å². The Balaban J connectivity index is 1.44. The van der Waals surface area contributed by atoms with Crippen molar-refractivity contribution in [3.05, 3.63) is 83.3 Å². The fraction of sp³-hybridized carbons (Fsp3) is 0.308. The van der Waals surface area contributed by atoms with Crippen molar-refractivity contribution in [1.29, 1.82) is 0 Å². The van der Waals surface area contributed by atoms with Crippen LogP contribution in [0.15, 0.2) is 59.6 Å². The smallest absolute Gasteiger partial charge is 0.255 e. The molecule has 4 atom stereocenters. The molecule has 1 amide bonds. The van der Waals surface area contributed by atoms with Crippen LogP contribution in [0.3, 0.4) is 0 Å². The molecule has 5 rings (SSSR count). The van der Waals surface area contributed by atoms with E-state index in [0.717, 1.165) is 11.1 Å². The average molecular weight is 507 g/mol. The Labute approximate surface area is 211 Å². The van der Waals surface area contributed by atoms with Crippen molar-refractivity contribution in [2.75, 3.05) is 5.32 Å². The largest absolute Gasteiger partial charge is 0.391 e. The van der Waals surface area contributed by atoms with E-state index < -0.39 is 36.3 Å². The van der Waals surface area contributed by atoms with Gasteiger partial charge in [-0.2, -0.15) is 0 Å². The van der Waals surface area contributed by atoms with E-state index in [9.17, 15) is 19.4 Å². The zero-order chi connectivity index (χ0) is 26.1. The van der Waals surface area contributed by atoms with Gasteiger partial charge in [-0.25, -0.2) is 14.4 Å². The lowest BCUT2D eigenvalue weighted by atomic mass is 10.1. The Morgan fingerprint density at radius 1 is 1.19 bits per heavy atom. The number of fused-ring (bicyclic) bond motifs is 2. The maximum Gasteiger partial charge on any atom is 0.255 e. The molecule has 1 aliphatic rings. The highest BCUT2D eigenvalue weighted by Crippen LogP contribution is 2.32. The van der Waals surface area contributed by atoms with Crippen molar-refractivity contribution < 1.29 is 23.9 Å². The molecule has 11 heteroatoms. The summed E-state index contributed by atoms with van der Waals surface area (Å²) in [6.07, 6.45) is 0.967. The van der Waals surface area contributed by atoms with E-state index >= 15 is 0 Å².